The summed E-state index contributed by atoms with van der Waals surface area (Å²) >= 11 is 0. The van der Waals surface area contributed by atoms with Gasteiger partial charge in [-0.3, -0.25) is 4.68 Å². The fourth-order valence-corrected chi connectivity index (χ4v) is 2.86. The minimum absolute atomic E-state index is 0.421. The summed E-state index contributed by atoms with van der Waals surface area (Å²) in [5.74, 6) is 1.05. The van der Waals surface area contributed by atoms with Crippen LogP contribution in [-0.4, -0.2) is 16.3 Å². The van der Waals surface area contributed by atoms with Crippen LogP contribution in [0.15, 0.2) is 0 Å². The number of hydrogen-bond acceptors (Lipinski definition) is 2. The van der Waals surface area contributed by atoms with Crippen LogP contribution in [0.3, 0.4) is 0 Å². The molecular formula is C15H27N3. The molecule has 1 aliphatic rings. The van der Waals surface area contributed by atoms with Gasteiger partial charge in [0.15, 0.2) is 0 Å². The minimum Gasteiger partial charge on any atom is -0.310 e. The van der Waals surface area contributed by atoms with Gasteiger partial charge in [0.1, 0.15) is 0 Å². The highest BCUT2D eigenvalue weighted by Gasteiger charge is 2.20. The molecule has 3 heteroatoms. The van der Waals surface area contributed by atoms with Gasteiger partial charge in [0.05, 0.1) is 5.69 Å². The third-order valence-electron chi connectivity index (χ3n) is 4.11. The van der Waals surface area contributed by atoms with E-state index in [1.54, 1.807) is 0 Å². The summed E-state index contributed by atoms with van der Waals surface area (Å²) in [5.41, 5.74) is 3.89. The predicted molar refractivity (Wildman–Crippen MR) is 75.8 cm³/mol. The molecule has 1 saturated carbocycles. The van der Waals surface area contributed by atoms with Crippen molar-refractivity contribution in [2.75, 3.05) is 6.54 Å². The van der Waals surface area contributed by atoms with Gasteiger partial charge in [-0.05, 0) is 53.0 Å². The van der Waals surface area contributed by atoms with Crippen molar-refractivity contribution in [3.05, 3.63) is 17.0 Å². The number of nitrogens with zero attached hydrogens (tertiary/aromatic N) is 2. The number of hydrogen-bond donors (Lipinski definition) is 1. The molecule has 0 aliphatic heterocycles. The van der Waals surface area contributed by atoms with Crippen molar-refractivity contribution in [3.8, 4) is 0 Å². The number of aryl methyl sites for hydroxylation is 2. The van der Waals surface area contributed by atoms with Gasteiger partial charge in [0.2, 0.25) is 0 Å². The van der Waals surface area contributed by atoms with E-state index in [-0.39, 0.29) is 0 Å². The molecule has 2 rings (SSSR count). The van der Waals surface area contributed by atoms with Gasteiger partial charge in [0, 0.05) is 23.8 Å². The summed E-state index contributed by atoms with van der Waals surface area (Å²) < 4.78 is 2.10. The van der Waals surface area contributed by atoms with E-state index in [4.69, 9.17) is 0 Å². The van der Waals surface area contributed by atoms with Gasteiger partial charge in [-0.25, -0.2) is 0 Å². The first-order valence-electron chi connectivity index (χ1n) is 7.40. The molecule has 0 spiro atoms. The first-order chi connectivity index (χ1) is 8.63. The summed E-state index contributed by atoms with van der Waals surface area (Å²) in [5, 5.41) is 8.24. The third-order valence-corrected chi connectivity index (χ3v) is 4.11. The smallest absolute Gasteiger partial charge is 0.0644 e. The maximum Gasteiger partial charge on any atom is 0.0644 e. The van der Waals surface area contributed by atoms with E-state index in [1.807, 2.05) is 0 Å². The molecule has 1 heterocycles. The van der Waals surface area contributed by atoms with Crippen LogP contribution in [0.5, 0.6) is 0 Å². The molecule has 0 aromatic carbocycles. The third kappa shape index (κ3) is 3.14. The predicted octanol–water partition coefficient (Wildman–Crippen LogP) is 3.36. The first kappa shape index (κ1) is 13.6. The molecule has 0 bridgehead atoms. The van der Waals surface area contributed by atoms with E-state index >= 15 is 0 Å². The molecule has 1 atom stereocenters. The van der Waals surface area contributed by atoms with Gasteiger partial charge in [-0.1, -0.05) is 12.8 Å². The molecule has 0 radical (unpaired) electrons. The summed E-state index contributed by atoms with van der Waals surface area (Å²) in [6.07, 6.45) is 5.66. The van der Waals surface area contributed by atoms with Gasteiger partial charge in [-0.2, -0.15) is 5.10 Å². The van der Waals surface area contributed by atoms with Crippen molar-refractivity contribution in [3.63, 3.8) is 0 Å². The fraction of sp³-hybridized carbons (Fsp3) is 0.800. The maximum atomic E-state index is 4.59. The number of nitrogens with one attached hydrogen (secondary N) is 1. The van der Waals surface area contributed by atoms with Gasteiger partial charge in [0.25, 0.3) is 0 Å². The zero-order valence-electron chi connectivity index (χ0n) is 12.3. The second kappa shape index (κ2) is 5.87. The van der Waals surface area contributed by atoms with Gasteiger partial charge in [-0.15, -0.1) is 0 Å². The SMILES string of the molecule is CCn1nc(C)c(C(C)NCCCC2CC2)c1C. The van der Waals surface area contributed by atoms with E-state index in [0.717, 1.165) is 19.0 Å². The highest BCUT2D eigenvalue weighted by Crippen LogP contribution is 2.33. The van der Waals surface area contributed by atoms with E-state index in [1.165, 1.54) is 42.6 Å². The maximum absolute atomic E-state index is 4.59. The lowest BCUT2D eigenvalue weighted by molar-refractivity contribution is 0.529. The summed E-state index contributed by atoms with van der Waals surface area (Å²) in [6.45, 7) is 10.8. The Balaban J connectivity index is 1.86. The normalized spacial score (nSPS) is 17.1. The molecular weight excluding hydrogens is 222 g/mol. The van der Waals surface area contributed by atoms with Crippen molar-refractivity contribution in [1.82, 2.24) is 15.1 Å². The van der Waals surface area contributed by atoms with Crippen LogP contribution in [0.4, 0.5) is 0 Å². The Morgan fingerprint density at radius 3 is 2.67 bits per heavy atom. The van der Waals surface area contributed by atoms with Crippen LogP contribution >= 0.6 is 0 Å². The van der Waals surface area contributed by atoms with Crippen molar-refractivity contribution >= 4 is 0 Å². The van der Waals surface area contributed by atoms with E-state index < -0.39 is 0 Å². The molecule has 1 unspecified atom stereocenters. The number of aromatic nitrogens is 2. The highest BCUT2D eigenvalue weighted by atomic mass is 15.3. The topological polar surface area (TPSA) is 29.9 Å². The van der Waals surface area contributed by atoms with Crippen LogP contribution in [-0.2, 0) is 6.54 Å². The second-order valence-electron chi connectivity index (χ2n) is 5.66. The molecule has 1 fully saturated rings. The van der Waals surface area contributed by atoms with E-state index in [0.29, 0.717) is 6.04 Å². The molecule has 0 amide bonds. The monoisotopic (exact) mass is 249 g/mol. The van der Waals surface area contributed by atoms with E-state index in [2.05, 4.69) is 42.8 Å². The van der Waals surface area contributed by atoms with Crippen LogP contribution in [0.2, 0.25) is 0 Å². The Bertz CT molecular complexity index is 391. The lowest BCUT2D eigenvalue weighted by Crippen LogP contribution is -2.21. The molecule has 1 aromatic heterocycles. The molecule has 3 nitrogen and oxygen atoms in total. The van der Waals surface area contributed by atoms with Crippen LogP contribution in [0.25, 0.3) is 0 Å². The molecule has 0 saturated heterocycles. The largest absolute Gasteiger partial charge is 0.310 e. The molecule has 1 N–H and O–H groups in total. The number of rotatable bonds is 7. The van der Waals surface area contributed by atoms with Crippen LogP contribution < -0.4 is 5.32 Å². The summed E-state index contributed by atoms with van der Waals surface area (Å²) in [4.78, 5) is 0. The molecule has 1 aliphatic carbocycles. The van der Waals surface area contributed by atoms with Crippen molar-refractivity contribution < 1.29 is 0 Å². The average Bonchev–Trinajstić information content (AvgIpc) is 3.11. The van der Waals surface area contributed by atoms with Crippen molar-refractivity contribution in [1.29, 1.82) is 0 Å². The Morgan fingerprint density at radius 2 is 2.11 bits per heavy atom. The Kier molecular flexibility index (Phi) is 4.44. The Labute approximate surface area is 111 Å². The first-order valence-corrected chi connectivity index (χ1v) is 7.40. The molecule has 102 valence electrons. The van der Waals surface area contributed by atoms with Crippen LogP contribution in [0, 0.1) is 19.8 Å². The van der Waals surface area contributed by atoms with Crippen LogP contribution in [0.1, 0.15) is 62.5 Å². The lowest BCUT2D eigenvalue weighted by atomic mass is 10.1. The Morgan fingerprint density at radius 1 is 1.39 bits per heavy atom. The van der Waals surface area contributed by atoms with Gasteiger partial charge < -0.3 is 5.32 Å². The zero-order valence-corrected chi connectivity index (χ0v) is 12.3. The molecule has 18 heavy (non-hydrogen) atoms. The fourth-order valence-electron chi connectivity index (χ4n) is 2.86. The Hall–Kier alpha value is -0.830. The second-order valence-corrected chi connectivity index (χ2v) is 5.66. The van der Waals surface area contributed by atoms with Gasteiger partial charge >= 0.3 is 0 Å². The highest BCUT2D eigenvalue weighted by molar-refractivity contribution is 5.27. The lowest BCUT2D eigenvalue weighted by Gasteiger charge is -2.14. The van der Waals surface area contributed by atoms with Crippen molar-refractivity contribution in [2.45, 2.75) is 66.0 Å². The minimum atomic E-state index is 0.421. The average molecular weight is 249 g/mol. The summed E-state index contributed by atoms with van der Waals surface area (Å²) in [7, 11) is 0. The zero-order chi connectivity index (χ0) is 13.1. The van der Waals surface area contributed by atoms with Crippen molar-refractivity contribution in [2.24, 2.45) is 5.92 Å². The standard InChI is InChI=1S/C15H27N3/c1-5-18-13(4)15(12(3)17-18)11(2)16-10-6-7-14-8-9-14/h11,14,16H,5-10H2,1-4H3. The van der Waals surface area contributed by atoms with E-state index in [9.17, 15) is 0 Å². The molecule has 1 aromatic rings. The summed E-state index contributed by atoms with van der Waals surface area (Å²) in [6, 6.07) is 0.421. The quantitative estimate of drug-likeness (QED) is 0.751.